The van der Waals surface area contributed by atoms with Gasteiger partial charge < -0.3 is 15.4 Å². The summed E-state index contributed by atoms with van der Waals surface area (Å²) in [6.45, 7) is 1.13. The molecule has 1 aliphatic heterocycles. The molecule has 1 atom stereocenters. The SMILES string of the molecule is O=C(NCC1CCC1)NC1CCOC1=O. The van der Waals surface area contributed by atoms with Gasteiger partial charge >= 0.3 is 12.0 Å². The highest BCUT2D eigenvalue weighted by Crippen LogP contribution is 2.25. The van der Waals surface area contributed by atoms with Gasteiger partial charge in [0.2, 0.25) is 0 Å². The zero-order chi connectivity index (χ0) is 10.7. The molecule has 2 fully saturated rings. The highest BCUT2D eigenvalue weighted by atomic mass is 16.5. The molecule has 2 N–H and O–H groups in total. The minimum absolute atomic E-state index is 0.259. The number of carbonyl (C=O) groups is 2. The van der Waals surface area contributed by atoms with Gasteiger partial charge in [-0.25, -0.2) is 9.59 Å². The predicted molar refractivity (Wildman–Crippen MR) is 53.2 cm³/mol. The maximum Gasteiger partial charge on any atom is 0.328 e. The van der Waals surface area contributed by atoms with Crippen molar-refractivity contribution in [3.8, 4) is 0 Å². The van der Waals surface area contributed by atoms with Gasteiger partial charge in [0.05, 0.1) is 6.61 Å². The molecule has 0 aromatic rings. The highest BCUT2D eigenvalue weighted by molar-refractivity contribution is 5.84. The van der Waals surface area contributed by atoms with E-state index >= 15 is 0 Å². The molecule has 5 nitrogen and oxygen atoms in total. The molecule has 84 valence electrons. The van der Waals surface area contributed by atoms with Crippen LogP contribution in [0.2, 0.25) is 0 Å². The monoisotopic (exact) mass is 212 g/mol. The summed E-state index contributed by atoms with van der Waals surface area (Å²) in [5, 5.41) is 5.38. The van der Waals surface area contributed by atoms with Crippen molar-refractivity contribution in [2.45, 2.75) is 31.7 Å². The van der Waals surface area contributed by atoms with E-state index in [1.807, 2.05) is 0 Å². The molecular formula is C10H16N2O3. The van der Waals surface area contributed by atoms with Crippen LogP contribution in [0, 0.1) is 5.92 Å². The van der Waals surface area contributed by atoms with Gasteiger partial charge in [0.15, 0.2) is 0 Å². The average Bonchev–Trinajstić information content (AvgIpc) is 2.49. The van der Waals surface area contributed by atoms with Crippen molar-refractivity contribution >= 4 is 12.0 Å². The normalized spacial score (nSPS) is 25.6. The molecule has 5 heteroatoms. The number of amides is 2. The smallest absolute Gasteiger partial charge is 0.328 e. The zero-order valence-electron chi connectivity index (χ0n) is 8.62. The maximum atomic E-state index is 11.4. The van der Waals surface area contributed by atoms with Gasteiger partial charge in [0.1, 0.15) is 6.04 Å². The molecule has 1 aliphatic carbocycles. The minimum atomic E-state index is -0.452. The number of rotatable bonds is 3. The molecule has 0 spiro atoms. The van der Waals surface area contributed by atoms with E-state index in [9.17, 15) is 9.59 Å². The summed E-state index contributed by atoms with van der Waals surface area (Å²) in [5.41, 5.74) is 0. The molecule has 15 heavy (non-hydrogen) atoms. The van der Waals surface area contributed by atoms with Crippen molar-refractivity contribution in [2.75, 3.05) is 13.2 Å². The molecular weight excluding hydrogens is 196 g/mol. The van der Waals surface area contributed by atoms with E-state index < -0.39 is 6.04 Å². The number of hydrogen-bond acceptors (Lipinski definition) is 3. The molecule has 0 aromatic carbocycles. The standard InChI is InChI=1S/C10H16N2O3/c13-9-8(4-5-15-9)12-10(14)11-6-7-2-1-3-7/h7-8H,1-6H2,(H2,11,12,14). The van der Waals surface area contributed by atoms with Crippen molar-refractivity contribution in [1.82, 2.24) is 10.6 Å². The number of ether oxygens (including phenoxy) is 1. The van der Waals surface area contributed by atoms with E-state index in [1.54, 1.807) is 0 Å². The van der Waals surface area contributed by atoms with E-state index in [-0.39, 0.29) is 12.0 Å². The summed E-state index contributed by atoms with van der Waals surface area (Å²) in [6.07, 6.45) is 4.25. The molecule has 2 aliphatic rings. The third-order valence-electron chi connectivity index (χ3n) is 3.02. The molecule has 0 radical (unpaired) electrons. The van der Waals surface area contributed by atoms with Gasteiger partial charge in [-0.15, -0.1) is 0 Å². The number of hydrogen-bond donors (Lipinski definition) is 2. The zero-order valence-corrected chi connectivity index (χ0v) is 8.62. The lowest BCUT2D eigenvalue weighted by Crippen LogP contribution is -2.45. The summed E-state index contributed by atoms with van der Waals surface area (Å²) in [5.74, 6) is 0.306. The van der Waals surface area contributed by atoms with E-state index in [0.717, 1.165) is 0 Å². The minimum Gasteiger partial charge on any atom is -0.464 e. The molecule has 0 aromatic heterocycles. The van der Waals surface area contributed by atoms with Gasteiger partial charge in [0, 0.05) is 13.0 Å². The summed E-state index contributed by atoms with van der Waals surface area (Å²) in [6, 6.07) is -0.711. The fourth-order valence-corrected chi connectivity index (χ4v) is 1.77. The quantitative estimate of drug-likeness (QED) is 0.665. The van der Waals surface area contributed by atoms with Gasteiger partial charge in [-0.1, -0.05) is 6.42 Å². The topological polar surface area (TPSA) is 67.4 Å². The molecule has 2 rings (SSSR count). The van der Waals surface area contributed by atoms with E-state index in [1.165, 1.54) is 19.3 Å². The molecule has 0 bridgehead atoms. The van der Waals surface area contributed by atoms with Crippen molar-refractivity contribution in [3.05, 3.63) is 0 Å². The molecule has 1 saturated heterocycles. The fraction of sp³-hybridized carbons (Fsp3) is 0.800. The summed E-state index contributed by atoms with van der Waals surface area (Å²) >= 11 is 0. The summed E-state index contributed by atoms with van der Waals surface area (Å²) in [7, 11) is 0. The second-order valence-corrected chi connectivity index (χ2v) is 4.16. The average molecular weight is 212 g/mol. The van der Waals surface area contributed by atoms with Crippen LogP contribution in [0.5, 0.6) is 0 Å². The number of esters is 1. The number of carbonyl (C=O) groups excluding carboxylic acids is 2. The molecule has 1 heterocycles. The van der Waals surface area contributed by atoms with Gasteiger partial charge in [-0.05, 0) is 18.8 Å². The maximum absolute atomic E-state index is 11.4. The second-order valence-electron chi connectivity index (χ2n) is 4.16. The fourth-order valence-electron chi connectivity index (χ4n) is 1.77. The van der Waals surface area contributed by atoms with E-state index in [2.05, 4.69) is 10.6 Å². The largest absolute Gasteiger partial charge is 0.464 e. The Morgan fingerprint density at radius 2 is 2.20 bits per heavy atom. The van der Waals surface area contributed by atoms with Crippen LogP contribution < -0.4 is 10.6 Å². The first kappa shape index (κ1) is 10.3. The first-order chi connectivity index (χ1) is 7.25. The van der Waals surface area contributed by atoms with Crippen molar-refractivity contribution in [1.29, 1.82) is 0 Å². The van der Waals surface area contributed by atoms with Crippen LogP contribution in [0.1, 0.15) is 25.7 Å². The second kappa shape index (κ2) is 4.51. The Morgan fingerprint density at radius 1 is 1.40 bits per heavy atom. The Balaban J connectivity index is 1.65. The Hall–Kier alpha value is -1.26. The van der Waals surface area contributed by atoms with Gasteiger partial charge in [-0.2, -0.15) is 0 Å². The Kier molecular flexibility index (Phi) is 3.08. The Morgan fingerprint density at radius 3 is 2.73 bits per heavy atom. The van der Waals surface area contributed by atoms with Gasteiger partial charge in [-0.3, -0.25) is 0 Å². The van der Waals surface area contributed by atoms with Crippen LogP contribution in [0.25, 0.3) is 0 Å². The van der Waals surface area contributed by atoms with Crippen LogP contribution in [-0.2, 0) is 9.53 Å². The van der Waals surface area contributed by atoms with Gasteiger partial charge in [0.25, 0.3) is 0 Å². The third kappa shape index (κ3) is 2.61. The van der Waals surface area contributed by atoms with E-state index in [0.29, 0.717) is 25.5 Å². The van der Waals surface area contributed by atoms with Crippen LogP contribution in [0.15, 0.2) is 0 Å². The highest BCUT2D eigenvalue weighted by Gasteiger charge is 2.28. The first-order valence-electron chi connectivity index (χ1n) is 5.46. The lowest BCUT2D eigenvalue weighted by molar-refractivity contribution is -0.139. The lowest BCUT2D eigenvalue weighted by Gasteiger charge is -2.25. The lowest BCUT2D eigenvalue weighted by atomic mass is 9.85. The van der Waals surface area contributed by atoms with Crippen molar-refractivity contribution in [3.63, 3.8) is 0 Å². The molecule has 1 unspecified atom stereocenters. The van der Waals surface area contributed by atoms with Crippen LogP contribution in [0.4, 0.5) is 4.79 Å². The first-order valence-corrected chi connectivity index (χ1v) is 5.46. The van der Waals surface area contributed by atoms with Crippen molar-refractivity contribution < 1.29 is 14.3 Å². The van der Waals surface area contributed by atoms with Crippen LogP contribution >= 0.6 is 0 Å². The van der Waals surface area contributed by atoms with Crippen LogP contribution in [-0.4, -0.2) is 31.2 Å². The number of cyclic esters (lactones) is 1. The molecule has 1 saturated carbocycles. The molecule has 2 amide bonds. The summed E-state index contributed by atoms with van der Waals surface area (Å²) in [4.78, 5) is 22.4. The Bertz CT molecular complexity index is 263. The predicted octanol–water partition coefficient (Wildman–Crippen LogP) is 0.401. The van der Waals surface area contributed by atoms with E-state index in [4.69, 9.17) is 4.74 Å². The third-order valence-corrected chi connectivity index (χ3v) is 3.02. The Labute approximate surface area is 88.5 Å². The summed E-state index contributed by atoms with van der Waals surface area (Å²) < 4.78 is 4.74. The number of urea groups is 1. The van der Waals surface area contributed by atoms with Crippen molar-refractivity contribution in [2.24, 2.45) is 5.92 Å². The number of nitrogens with one attached hydrogen (secondary N) is 2. The van der Waals surface area contributed by atoms with Crippen LogP contribution in [0.3, 0.4) is 0 Å².